The Bertz CT molecular complexity index is 684. The van der Waals surface area contributed by atoms with Gasteiger partial charge in [0.05, 0.1) is 19.0 Å². The van der Waals surface area contributed by atoms with Gasteiger partial charge in [0.1, 0.15) is 12.4 Å². The summed E-state index contributed by atoms with van der Waals surface area (Å²) < 4.78 is 16.9. The number of unbranched alkanes of at least 4 members (excludes halogenated alkanes) is 3. The summed E-state index contributed by atoms with van der Waals surface area (Å²) in [5, 5.41) is 0. The third-order valence-corrected chi connectivity index (χ3v) is 4.28. The number of rotatable bonds is 15. The van der Waals surface area contributed by atoms with Crippen molar-refractivity contribution >= 4 is 0 Å². The van der Waals surface area contributed by atoms with Crippen molar-refractivity contribution in [3.05, 3.63) is 48.8 Å². The van der Waals surface area contributed by atoms with Gasteiger partial charge in [-0.15, -0.1) is 0 Å². The molecule has 0 fully saturated rings. The molecule has 0 saturated heterocycles. The van der Waals surface area contributed by atoms with Crippen LogP contribution in [0, 0.1) is 0 Å². The summed E-state index contributed by atoms with van der Waals surface area (Å²) in [5.74, 6) is 2.21. The first-order valence-corrected chi connectivity index (χ1v) is 10.7. The predicted molar refractivity (Wildman–Crippen MR) is 117 cm³/mol. The zero-order valence-electron chi connectivity index (χ0n) is 17.8. The van der Waals surface area contributed by atoms with E-state index < -0.39 is 0 Å². The molecule has 0 aliphatic carbocycles. The predicted octanol–water partition coefficient (Wildman–Crippen LogP) is 5.85. The van der Waals surface area contributed by atoms with Gasteiger partial charge in [-0.25, -0.2) is 9.97 Å². The smallest absolute Gasteiger partial charge is 0.159 e. The van der Waals surface area contributed by atoms with E-state index in [4.69, 9.17) is 14.2 Å². The second kappa shape index (κ2) is 14.6. The van der Waals surface area contributed by atoms with E-state index in [1.807, 2.05) is 30.3 Å². The first-order chi connectivity index (χ1) is 14.3. The minimum Gasteiger partial charge on any atom is -0.494 e. The fourth-order valence-electron chi connectivity index (χ4n) is 2.63. The molecule has 0 amide bonds. The van der Waals surface area contributed by atoms with Crippen molar-refractivity contribution in [2.45, 2.75) is 52.4 Å². The molecule has 0 bridgehead atoms. The Labute approximate surface area is 175 Å². The number of ether oxygens (including phenoxy) is 3. The highest BCUT2D eigenvalue weighted by Crippen LogP contribution is 2.20. The van der Waals surface area contributed by atoms with Crippen LogP contribution < -0.4 is 9.47 Å². The second-order valence-electron chi connectivity index (χ2n) is 6.86. The van der Waals surface area contributed by atoms with Crippen LogP contribution in [0.2, 0.25) is 0 Å². The molecule has 2 aromatic rings. The van der Waals surface area contributed by atoms with E-state index in [-0.39, 0.29) is 0 Å². The zero-order valence-corrected chi connectivity index (χ0v) is 17.8. The third-order valence-electron chi connectivity index (χ3n) is 4.28. The summed E-state index contributed by atoms with van der Waals surface area (Å²) >= 11 is 0. The van der Waals surface area contributed by atoms with Crippen molar-refractivity contribution in [2.75, 3.05) is 26.4 Å². The molecule has 2 rings (SSSR count). The summed E-state index contributed by atoms with van der Waals surface area (Å²) in [6.07, 6.45) is 14.2. The monoisotopic (exact) mass is 398 g/mol. The van der Waals surface area contributed by atoms with Crippen molar-refractivity contribution in [3.63, 3.8) is 0 Å². The van der Waals surface area contributed by atoms with E-state index in [0.717, 1.165) is 50.2 Å². The number of benzene rings is 1. The maximum Gasteiger partial charge on any atom is 0.159 e. The highest BCUT2D eigenvalue weighted by molar-refractivity contribution is 5.56. The maximum absolute atomic E-state index is 5.78. The molecule has 0 unspecified atom stereocenters. The molecular formula is C24H34N2O3. The van der Waals surface area contributed by atoms with E-state index in [2.05, 4.69) is 29.9 Å². The number of nitrogens with zero attached hydrogens (tertiary/aromatic N) is 2. The van der Waals surface area contributed by atoms with Gasteiger partial charge < -0.3 is 14.2 Å². The summed E-state index contributed by atoms with van der Waals surface area (Å²) in [5.41, 5.74) is 0.955. The van der Waals surface area contributed by atoms with Gasteiger partial charge in [0.25, 0.3) is 0 Å². The molecule has 158 valence electrons. The fraction of sp³-hybridized carbons (Fsp3) is 0.500. The standard InChI is InChI=1S/C24H34N2O3/c1-3-5-6-7-8-17-29-23-19-25-24(26-20-23)21-11-13-22(14-12-21)28-18-10-9-16-27-15-4-2/h7-8,11-14,19-20H,3-6,9-10,15-18H2,1-2H3/b8-7+. The van der Waals surface area contributed by atoms with Crippen LogP contribution >= 0.6 is 0 Å². The van der Waals surface area contributed by atoms with Crippen LogP contribution in [0.1, 0.15) is 52.4 Å². The topological polar surface area (TPSA) is 53.5 Å². The summed E-state index contributed by atoms with van der Waals surface area (Å²) in [6.45, 7) is 7.20. The molecular weight excluding hydrogens is 364 g/mol. The van der Waals surface area contributed by atoms with Crippen LogP contribution in [0.25, 0.3) is 11.4 Å². The molecule has 0 N–H and O–H groups in total. The Balaban J connectivity index is 1.71. The fourth-order valence-corrected chi connectivity index (χ4v) is 2.63. The average Bonchev–Trinajstić information content (AvgIpc) is 2.76. The van der Waals surface area contributed by atoms with Gasteiger partial charge >= 0.3 is 0 Å². The van der Waals surface area contributed by atoms with Crippen molar-refractivity contribution in [2.24, 2.45) is 0 Å². The van der Waals surface area contributed by atoms with Crippen LogP contribution in [0.4, 0.5) is 0 Å². The van der Waals surface area contributed by atoms with Gasteiger partial charge in [-0.2, -0.15) is 0 Å². The largest absolute Gasteiger partial charge is 0.494 e. The number of hydrogen-bond acceptors (Lipinski definition) is 5. The summed E-state index contributed by atoms with van der Waals surface area (Å²) in [7, 11) is 0. The SMILES string of the molecule is CCCC/C=C/COc1cnc(-c2ccc(OCCCCOCCC)cc2)nc1. The molecule has 5 heteroatoms. The van der Waals surface area contributed by atoms with Crippen molar-refractivity contribution in [1.82, 2.24) is 9.97 Å². The minimum absolute atomic E-state index is 0.545. The van der Waals surface area contributed by atoms with Crippen molar-refractivity contribution < 1.29 is 14.2 Å². The molecule has 29 heavy (non-hydrogen) atoms. The lowest BCUT2D eigenvalue weighted by Gasteiger charge is -2.08. The zero-order chi connectivity index (χ0) is 20.6. The molecule has 1 heterocycles. The minimum atomic E-state index is 0.545. The molecule has 0 atom stereocenters. The lowest BCUT2D eigenvalue weighted by atomic mass is 10.2. The normalized spacial score (nSPS) is 11.1. The highest BCUT2D eigenvalue weighted by Gasteiger charge is 2.03. The van der Waals surface area contributed by atoms with E-state index in [1.165, 1.54) is 12.8 Å². The Morgan fingerprint density at radius 3 is 2.24 bits per heavy atom. The second-order valence-corrected chi connectivity index (χ2v) is 6.86. The number of allylic oxidation sites excluding steroid dienone is 1. The molecule has 1 aromatic carbocycles. The van der Waals surface area contributed by atoms with Crippen LogP contribution in [0.15, 0.2) is 48.8 Å². The van der Waals surface area contributed by atoms with E-state index in [9.17, 15) is 0 Å². The lowest BCUT2D eigenvalue weighted by molar-refractivity contribution is 0.127. The van der Waals surface area contributed by atoms with Gasteiger partial charge in [0.2, 0.25) is 0 Å². The molecule has 0 radical (unpaired) electrons. The lowest BCUT2D eigenvalue weighted by Crippen LogP contribution is -2.01. The van der Waals surface area contributed by atoms with Crippen LogP contribution in [0.3, 0.4) is 0 Å². The summed E-state index contributed by atoms with van der Waals surface area (Å²) in [6, 6.07) is 7.87. The Morgan fingerprint density at radius 1 is 0.759 bits per heavy atom. The number of hydrogen-bond donors (Lipinski definition) is 0. The first kappa shape index (κ1) is 22.9. The van der Waals surface area contributed by atoms with Gasteiger partial charge in [-0.05, 0) is 49.9 Å². The molecule has 5 nitrogen and oxygen atoms in total. The van der Waals surface area contributed by atoms with E-state index >= 15 is 0 Å². The first-order valence-electron chi connectivity index (χ1n) is 10.7. The number of aromatic nitrogens is 2. The Morgan fingerprint density at radius 2 is 1.52 bits per heavy atom. The maximum atomic E-state index is 5.78. The van der Waals surface area contributed by atoms with E-state index in [0.29, 0.717) is 24.8 Å². The molecule has 0 saturated carbocycles. The highest BCUT2D eigenvalue weighted by atomic mass is 16.5. The third kappa shape index (κ3) is 9.57. The molecule has 0 spiro atoms. The van der Waals surface area contributed by atoms with Crippen molar-refractivity contribution in [1.29, 1.82) is 0 Å². The van der Waals surface area contributed by atoms with Gasteiger partial charge in [-0.1, -0.05) is 38.8 Å². The van der Waals surface area contributed by atoms with Crippen LogP contribution in [-0.2, 0) is 4.74 Å². The Hall–Kier alpha value is -2.40. The Kier molecular flexibility index (Phi) is 11.5. The van der Waals surface area contributed by atoms with Crippen LogP contribution in [0.5, 0.6) is 11.5 Å². The average molecular weight is 399 g/mol. The molecule has 0 aliphatic rings. The molecule has 0 aliphatic heterocycles. The molecule has 1 aromatic heterocycles. The van der Waals surface area contributed by atoms with Crippen LogP contribution in [-0.4, -0.2) is 36.4 Å². The van der Waals surface area contributed by atoms with Gasteiger partial charge in [0, 0.05) is 18.8 Å². The van der Waals surface area contributed by atoms with Gasteiger partial charge in [-0.3, -0.25) is 0 Å². The van der Waals surface area contributed by atoms with E-state index in [1.54, 1.807) is 12.4 Å². The van der Waals surface area contributed by atoms with Crippen molar-refractivity contribution in [3.8, 4) is 22.9 Å². The summed E-state index contributed by atoms with van der Waals surface area (Å²) in [4.78, 5) is 8.81. The van der Waals surface area contributed by atoms with Gasteiger partial charge in [0.15, 0.2) is 11.6 Å². The quantitative estimate of drug-likeness (QED) is 0.278.